The SMILES string of the molecule is CCN1CCC(c2c[nH]c3ccc(NC(=O)c4ccc(F)cc4)nc23)CC1. The average molecular weight is 366 g/mol. The van der Waals surface area contributed by atoms with Gasteiger partial charge in [-0.15, -0.1) is 0 Å². The zero-order chi connectivity index (χ0) is 18.8. The van der Waals surface area contributed by atoms with Crippen LogP contribution in [0.5, 0.6) is 0 Å². The molecule has 2 aromatic heterocycles. The van der Waals surface area contributed by atoms with Gasteiger partial charge in [0.15, 0.2) is 0 Å². The number of H-pyrrole nitrogens is 1. The van der Waals surface area contributed by atoms with Crippen LogP contribution >= 0.6 is 0 Å². The first kappa shape index (κ1) is 17.7. The molecule has 1 aliphatic heterocycles. The van der Waals surface area contributed by atoms with E-state index in [1.54, 1.807) is 6.07 Å². The van der Waals surface area contributed by atoms with E-state index in [-0.39, 0.29) is 11.7 Å². The number of anilines is 1. The van der Waals surface area contributed by atoms with Crippen LogP contribution < -0.4 is 5.32 Å². The Morgan fingerprint density at radius 2 is 1.96 bits per heavy atom. The van der Waals surface area contributed by atoms with Gasteiger partial charge >= 0.3 is 0 Å². The second-order valence-electron chi connectivity index (χ2n) is 7.01. The molecule has 0 unspecified atom stereocenters. The number of carbonyl (C=O) groups excluding carboxylic acids is 1. The normalized spacial score (nSPS) is 15.9. The van der Waals surface area contributed by atoms with E-state index < -0.39 is 0 Å². The van der Waals surface area contributed by atoms with Gasteiger partial charge in [0, 0.05) is 11.8 Å². The number of aromatic nitrogens is 2. The molecule has 0 aliphatic carbocycles. The smallest absolute Gasteiger partial charge is 0.256 e. The Hall–Kier alpha value is -2.73. The van der Waals surface area contributed by atoms with Gasteiger partial charge in [-0.2, -0.15) is 0 Å². The minimum Gasteiger partial charge on any atom is -0.360 e. The lowest BCUT2D eigenvalue weighted by atomic mass is 9.90. The van der Waals surface area contributed by atoms with Crippen molar-refractivity contribution in [1.82, 2.24) is 14.9 Å². The van der Waals surface area contributed by atoms with Crippen LogP contribution in [-0.4, -0.2) is 40.4 Å². The molecule has 27 heavy (non-hydrogen) atoms. The van der Waals surface area contributed by atoms with E-state index >= 15 is 0 Å². The highest BCUT2D eigenvalue weighted by Crippen LogP contribution is 2.32. The molecule has 6 heteroatoms. The fourth-order valence-electron chi connectivity index (χ4n) is 3.75. The lowest BCUT2D eigenvalue weighted by molar-refractivity contribution is 0.102. The monoisotopic (exact) mass is 366 g/mol. The van der Waals surface area contributed by atoms with Crippen LogP contribution in [0.4, 0.5) is 10.2 Å². The van der Waals surface area contributed by atoms with E-state index in [0.29, 0.717) is 17.3 Å². The number of halogens is 1. The molecule has 140 valence electrons. The number of amides is 1. The van der Waals surface area contributed by atoms with Crippen LogP contribution in [-0.2, 0) is 0 Å². The molecule has 0 bridgehead atoms. The van der Waals surface area contributed by atoms with Crippen LogP contribution in [0.3, 0.4) is 0 Å². The highest BCUT2D eigenvalue weighted by Gasteiger charge is 2.23. The highest BCUT2D eigenvalue weighted by molar-refractivity contribution is 6.04. The van der Waals surface area contributed by atoms with Gasteiger partial charge in [-0.05, 0) is 80.4 Å². The van der Waals surface area contributed by atoms with Crippen molar-refractivity contribution in [1.29, 1.82) is 0 Å². The van der Waals surface area contributed by atoms with Crippen LogP contribution in [0.25, 0.3) is 11.0 Å². The number of fused-ring (bicyclic) bond motifs is 1. The summed E-state index contributed by atoms with van der Waals surface area (Å²) in [5, 5.41) is 2.81. The molecule has 0 atom stereocenters. The first-order valence-electron chi connectivity index (χ1n) is 9.41. The molecule has 0 radical (unpaired) electrons. The van der Waals surface area contributed by atoms with E-state index in [4.69, 9.17) is 0 Å². The van der Waals surface area contributed by atoms with E-state index in [1.807, 2.05) is 6.07 Å². The van der Waals surface area contributed by atoms with E-state index in [2.05, 4.69) is 33.3 Å². The van der Waals surface area contributed by atoms with Gasteiger partial charge < -0.3 is 15.2 Å². The van der Waals surface area contributed by atoms with Gasteiger partial charge in [0.25, 0.3) is 5.91 Å². The second-order valence-corrected chi connectivity index (χ2v) is 7.01. The first-order valence-corrected chi connectivity index (χ1v) is 9.41. The van der Waals surface area contributed by atoms with E-state index in [0.717, 1.165) is 43.5 Å². The topological polar surface area (TPSA) is 61.0 Å². The van der Waals surface area contributed by atoms with Crippen LogP contribution in [0.2, 0.25) is 0 Å². The summed E-state index contributed by atoms with van der Waals surface area (Å²) in [4.78, 5) is 22.8. The van der Waals surface area contributed by atoms with Crippen molar-refractivity contribution in [3.63, 3.8) is 0 Å². The first-order chi connectivity index (χ1) is 13.1. The van der Waals surface area contributed by atoms with Crippen LogP contribution in [0.1, 0.15) is 41.6 Å². The van der Waals surface area contributed by atoms with Crippen molar-refractivity contribution in [2.24, 2.45) is 0 Å². The number of likely N-dealkylation sites (tertiary alicyclic amines) is 1. The number of hydrogen-bond acceptors (Lipinski definition) is 3. The second kappa shape index (κ2) is 7.48. The third-order valence-electron chi connectivity index (χ3n) is 5.37. The maximum atomic E-state index is 13.0. The molecule has 3 aromatic rings. The molecule has 1 saturated heterocycles. The number of carbonyl (C=O) groups is 1. The molecule has 1 fully saturated rings. The molecule has 1 amide bonds. The number of rotatable bonds is 4. The number of hydrogen-bond donors (Lipinski definition) is 2. The fraction of sp³-hybridized carbons (Fsp3) is 0.333. The molecule has 5 nitrogen and oxygen atoms in total. The molecule has 0 saturated carbocycles. The average Bonchev–Trinajstić information content (AvgIpc) is 3.12. The Balaban J connectivity index is 1.55. The predicted octanol–water partition coefficient (Wildman–Crippen LogP) is 4.15. The summed E-state index contributed by atoms with van der Waals surface area (Å²) in [5.41, 5.74) is 3.52. The summed E-state index contributed by atoms with van der Waals surface area (Å²) in [6.07, 6.45) is 4.29. The van der Waals surface area contributed by atoms with Gasteiger partial charge in [0.05, 0.1) is 11.0 Å². The van der Waals surface area contributed by atoms with E-state index in [9.17, 15) is 9.18 Å². The van der Waals surface area contributed by atoms with Crippen molar-refractivity contribution in [3.05, 3.63) is 59.5 Å². The Bertz CT molecular complexity index is 942. The maximum Gasteiger partial charge on any atom is 0.256 e. The maximum absolute atomic E-state index is 13.0. The standard InChI is InChI=1S/C21H23FN4O/c1-2-26-11-9-14(10-12-26)17-13-23-18-7-8-19(24-20(17)18)25-21(27)15-3-5-16(22)6-4-15/h3-8,13-14,23H,2,9-12H2,1H3,(H,24,25,27). The minimum absolute atomic E-state index is 0.296. The van der Waals surface area contributed by atoms with Crippen LogP contribution in [0, 0.1) is 5.82 Å². The number of nitrogens with zero attached hydrogens (tertiary/aromatic N) is 2. The predicted molar refractivity (Wildman–Crippen MR) is 105 cm³/mol. The summed E-state index contributed by atoms with van der Waals surface area (Å²) in [7, 11) is 0. The highest BCUT2D eigenvalue weighted by atomic mass is 19.1. The zero-order valence-electron chi connectivity index (χ0n) is 15.3. The van der Waals surface area contributed by atoms with Crippen LogP contribution in [0.15, 0.2) is 42.6 Å². The fourth-order valence-corrected chi connectivity index (χ4v) is 3.75. The molecule has 1 aromatic carbocycles. The van der Waals surface area contributed by atoms with E-state index in [1.165, 1.54) is 29.8 Å². The third-order valence-corrected chi connectivity index (χ3v) is 5.37. The summed E-state index contributed by atoms with van der Waals surface area (Å²) in [6.45, 7) is 5.51. The Labute approximate surface area is 157 Å². The van der Waals surface area contributed by atoms with Crippen molar-refractivity contribution >= 4 is 22.8 Å². The Morgan fingerprint density at radius 1 is 1.22 bits per heavy atom. The molecule has 2 N–H and O–H groups in total. The summed E-state index contributed by atoms with van der Waals surface area (Å²) >= 11 is 0. The lowest BCUT2D eigenvalue weighted by Gasteiger charge is -2.30. The van der Waals surface area contributed by atoms with Crippen molar-refractivity contribution in [3.8, 4) is 0 Å². The quantitative estimate of drug-likeness (QED) is 0.729. The van der Waals surface area contributed by atoms with Gasteiger partial charge in [-0.3, -0.25) is 4.79 Å². The summed E-state index contributed by atoms with van der Waals surface area (Å²) in [5.74, 6) is 0.327. The largest absolute Gasteiger partial charge is 0.360 e. The van der Waals surface area contributed by atoms with Gasteiger partial charge in [0.2, 0.25) is 0 Å². The number of aromatic amines is 1. The molecular formula is C21H23FN4O. The Morgan fingerprint density at radius 3 is 2.67 bits per heavy atom. The van der Waals surface area contributed by atoms with Crippen molar-refractivity contribution in [2.75, 3.05) is 25.0 Å². The van der Waals surface area contributed by atoms with Gasteiger partial charge in [0.1, 0.15) is 11.6 Å². The van der Waals surface area contributed by atoms with Gasteiger partial charge in [-0.25, -0.2) is 9.37 Å². The van der Waals surface area contributed by atoms with Crippen molar-refractivity contribution < 1.29 is 9.18 Å². The molecule has 0 spiro atoms. The zero-order valence-corrected chi connectivity index (χ0v) is 15.3. The number of nitrogens with one attached hydrogen (secondary N) is 2. The summed E-state index contributed by atoms with van der Waals surface area (Å²) < 4.78 is 13.0. The van der Waals surface area contributed by atoms with Gasteiger partial charge in [-0.1, -0.05) is 6.92 Å². The molecule has 4 rings (SSSR count). The third kappa shape index (κ3) is 3.71. The Kier molecular flexibility index (Phi) is 4.90. The van der Waals surface area contributed by atoms with Crippen molar-refractivity contribution in [2.45, 2.75) is 25.7 Å². The molecular weight excluding hydrogens is 343 g/mol. The summed E-state index contributed by atoms with van der Waals surface area (Å²) in [6, 6.07) is 9.20. The molecule has 1 aliphatic rings. The minimum atomic E-state index is -0.364. The number of piperidine rings is 1. The lowest BCUT2D eigenvalue weighted by Crippen LogP contribution is -2.32. The molecule has 3 heterocycles. The number of pyridine rings is 1. The number of benzene rings is 1.